The van der Waals surface area contributed by atoms with Crippen LogP contribution >= 0.6 is 0 Å². The van der Waals surface area contributed by atoms with Crippen LogP contribution in [0.5, 0.6) is 5.88 Å². The number of amides is 1. The Balaban J connectivity index is 1.77. The molecule has 2 rings (SSSR count). The normalized spacial score (nSPS) is 20.7. The van der Waals surface area contributed by atoms with Crippen molar-refractivity contribution in [3.05, 3.63) is 18.3 Å². The molecule has 0 atom stereocenters. The Morgan fingerprint density at radius 3 is 2.73 bits per heavy atom. The standard InChI is InChI=1S/C16H25N3O3/c1-5-21-14-13(7-6-8-17-14)18-11-9-12(10-11)19-15(20)22-16(2,3)4/h6-8,11-12,18H,5,9-10H2,1-4H3,(H,19,20). The number of carbonyl (C=O) groups excluding carboxylic acids is 1. The van der Waals surface area contributed by atoms with Crippen LogP contribution in [-0.4, -0.2) is 35.4 Å². The lowest BCUT2D eigenvalue weighted by Crippen LogP contribution is -2.50. The van der Waals surface area contributed by atoms with Gasteiger partial charge in [0.25, 0.3) is 0 Å². The SMILES string of the molecule is CCOc1ncccc1NC1CC(NC(=O)OC(C)(C)C)C1. The molecule has 1 amide bonds. The molecule has 0 bridgehead atoms. The third-order valence-corrected chi connectivity index (χ3v) is 3.27. The van der Waals surface area contributed by atoms with Crippen molar-refractivity contribution in [3.8, 4) is 5.88 Å². The van der Waals surface area contributed by atoms with Gasteiger partial charge in [0.15, 0.2) is 0 Å². The largest absolute Gasteiger partial charge is 0.476 e. The molecule has 6 nitrogen and oxygen atoms in total. The Morgan fingerprint density at radius 2 is 2.09 bits per heavy atom. The summed E-state index contributed by atoms with van der Waals surface area (Å²) >= 11 is 0. The van der Waals surface area contributed by atoms with Crippen LogP contribution in [0.25, 0.3) is 0 Å². The van der Waals surface area contributed by atoms with E-state index in [1.54, 1.807) is 6.20 Å². The van der Waals surface area contributed by atoms with Crippen molar-refractivity contribution in [2.45, 2.75) is 58.2 Å². The predicted octanol–water partition coefficient (Wildman–Crippen LogP) is 2.95. The summed E-state index contributed by atoms with van der Waals surface area (Å²) in [4.78, 5) is 15.9. The van der Waals surface area contributed by atoms with E-state index in [4.69, 9.17) is 9.47 Å². The molecule has 2 N–H and O–H groups in total. The van der Waals surface area contributed by atoms with Crippen LogP contribution in [0.4, 0.5) is 10.5 Å². The number of nitrogens with one attached hydrogen (secondary N) is 2. The van der Waals surface area contributed by atoms with E-state index in [0.29, 0.717) is 18.5 Å². The summed E-state index contributed by atoms with van der Waals surface area (Å²) in [7, 11) is 0. The number of rotatable bonds is 5. The van der Waals surface area contributed by atoms with E-state index in [2.05, 4.69) is 15.6 Å². The molecule has 1 aliphatic rings. The van der Waals surface area contributed by atoms with Crippen molar-refractivity contribution in [2.24, 2.45) is 0 Å². The van der Waals surface area contributed by atoms with Gasteiger partial charge in [-0.25, -0.2) is 9.78 Å². The summed E-state index contributed by atoms with van der Waals surface area (Å²) in [6.45, 7) is 8.09. The molecule has 0 aromatic carbocycles. The van der Waals surface area contributed by atoms with Gasteiger partial charge in [-0.3, -0.25) is 0 Å². The second-order valence-electron chi connectivity index (χ2n) is 6.44. The summed E-state index contributed by atoms with van der Waals surface area (Å²) in [6, 6.07) is 4.29. The first-order chi connectivity index (χ1) is 10.4. The van der Waals surface area contributed by atoms with Crippen molar-refractivity contribution in [1.82, 2.24) is 10.3 Å². The van der Waals surface area contributed by atoms with Crippen molar-refractivity contribution >= 4 is 11.8 Å². The number of pyridine rings is 1. The average molecular weight is 307 g/mol. The summed E-state index contributed by atoms with van der Waals surface area (Å²) in [5.41, 5.74) is 0.429. The highest BCUT2D eigenvalue weighted by Crippen LogP contribution is 2.28. The molecule has 1 aromatic heterocycles. The van der Waals surface area contributed by atoms with E-state index in [-0.39, 0.29) is 12.1 Å². The van der Waals surface area contributed by atoms with Gasteiger partial charge >= 0.3 is 6.09 Å². The van der Waals surface area contributed by atoms with Gasteiger partial charge in [0, 0.05) is 18.3 Å². The monoisotopic (exact) mass is 307 g/mol. The molecule has 0 radical (unpaired) electrons. The second kappa shape index (κ2) is 6.85. The fourth-order valence-corrected chi connectivity index (χ4v) is 2.30. The number of aromatic nitrogens is 1. The van der Waals surface area contributed by atoms with Crippen LogP contribution in [0.3, 0.4) is 0 Å². The van der Waals surface area contributed by atoms with Crippen LogP contribution in [0.1, 0.15) is 40.5 Å². The van der Waals surface area contributed by atoms with E-state index in [9.17, 15) is 4.79 Å². The van der Waals surface area contributed by atoms with Crippen molar-refractivity contribution in [1.29, 1.82) is 0 Å². The molecule has 1 aliphatic carbocycles. The van der Waals surface area contributed by atoms with Crippen LogP contribution in [0.15, 0.2) is 18.3 Å². The second-order valence-corrected chi connectivity index (χ2v) is 6.44. The Morgan fingerprint density at radius 1 is 1.36 bits per heavy atom. The number of alkyl carbamates (subject to hydrolysis) is 1. The van der Waals surface area contributed by atoms with E-state index >= 15 is 0 Å². The molecule has 122 valence electrons. The molecular formula is C16H25N3O3. The summed E-state index contributed by atoms with van der Waals surface area (Å²) in [5, 5.41) is 6.28. The fraction of sp³-hybridized carbons (Fsp3) is 0.625. The number of hydrogen-bond donors (Lipinski definition) is 2. The van der Waals surface area contributed by atoms with Crippen molar-refractivity contribution < 1.29 is 14.3 Å². The van der Waals surface area contributed by atoms with Crippen molar-refractivity contribution in [2.75, 3.05) is 11.9 Å². The first-order valence-corrected chi connectivity index (χ1v) is 7.71. The van der Waals surface area contributed by atoms with Crippen LogP contribution in [0.2, 0.25) is 0 Å². The molecule has 1 saturated carbocycles. The maximum atomic E-state index is 11.7. The number of nitrogens with zero attached hydrogens (tertiary/aromatic N) is 1. The predicted molar refractivity (Wildman–Crippen MR) is 85.2 cm³/mol. The van der Waals surface area contributed by atoms with Gasteiger partial charge in [-0.05, 0) is 52.7 Å². The van der Waals surface area contributed by atoms with Crippen molar-refractivity contribution in [3.63, 3.8) is 0 Å². The number of anilines is 1. The summed E-state index contributed by atoms with van der Waals surface area (Å²) < 4.78 is 10.7. The molecule has 1 fully saturated rings. The highest BCUT2D eigenvalue weighted by molar-refractivity contribution is 5.68. The summed E-state index contributed by atoms with van der Waals surface area (Å²) in [6.07, 6.45) is 3.08. The lowest BCUT2D eigenvalue weighted by molar-refractivity contribution is 0.0475. The van der Waals surface area contributed by atoms with Gasteiger partial charge in [0.1, 0.15) is 5.60 Å². The van der Waals surface area contributed by atoms with Gasteiger partial charge in [-0.15, -0.1) is 0 Å². The fourth-order valence-electron chi connectivity index (χ4n) is 2.30. The Labute approximate surface area is 131 Å². The molecule has 1 aromatic rings. The first-order valence-electron chi connectivity index (χ1n) is 7.71. The Hall–Kier alpha value is -1.98. The Kier molecular flexibility index (Phi) is 5.11. The lowest BCUT2D eigenvalue weighted by atomic mass is 9.86. The van der Waals surface area contributed by atoms with Gasteiger partial charge in [0.05, 0.1) is 12.3 Å². The van der Waals surface area contributed by atoms with Crippen LogP contribution in [-0.2, 0) is 4.74 Å². The van der Waals surface area contributed by atoms with E-state index in [0.717, 1.165) is 18.5 Å². The number of carbonyl (C=O) groups is 1. The average Bonchev–Trinajstić information content (AvgIpc) is 2.36. The van der Waals surface area contributed by atoms with Crippen LogP contribution < -0.4 is 15.4 Å². The minimum absolute atomic E-state index is 0.152. The molecule has 0 spiro atoms. The maximum Gasteiger partial charge on any atom is 0.407 e. The number of hydrogen-bond acceptors (Lipinski definition) is 5. The molecular weight excluding hydrogens is 282 g/mol. The molecule has 0 unspecified atom stereocenters. The smallest absolute Gasteiger partial charge is 0.407 e. The number of ether oxygens (including phenoxy) is 2. The molecule has 1 heterocycles. The third kappa shape index (κ3) is 4.79. The zero-order valence-corrected chi connectivity index (χ0v) is 13.7. The molecule has 6 heteroatoms. The van der Waals surface area contributed by atoms with E-state index < -0.39 is 5.60 Å². The topological polar surface area (TPSA) is 72.5 Å². The highest BCUT2D eigenvalue weighted by atomic mass is 16.6. The first kappa shape index (κ1) is 16.4. The summed E-state index contributed by atoms with van der Waals surface area (Å²) in [5.74, 6) is 0.619. The zero-order chi connectivity index (χ0) is 16.2. The molecule has 0 saturated heterocycles. The minimum atomic E-state index is -0.465. The molecule has 0 aliphatic heterocycles. The molecule has 22 heavy (non-hydrogen) atoms. The van der Waals surface area contributed by atoms with Gasteiger partial charge in [0.2, 0.25) is 5.88 Å². The lowest BCUT2D eigenvalue weighted by Gasteiger charge is -2.37. The van der Waals surface area contributed by atoms with Gasteiger partial charge < -0.3 is 20.1 Å². The quantitative estimate of drug-likeness (QED) is 0.875. The Bertz CT molecular complexity index is 508. The minimum Gasteiger partial charge on any atom is -0.476 e. The third-order valence-electron chi connectivity index (χ3n) is 3.27. The zero-order valence-electron chi connectivity index (χ0n) is 13.7. The maximum absolute atomic E-state index is 11.7. The van der Waals surface area contributed by atoms with Gasteiger partial charge in [-0.1, -0.05) is 0 Å². The van der Waals surface area contributed by atoms with E-state index in [1.807, 2.05) is 39.8 Å². The highest BCUT2D eigenvalue weighted by Gasteiger charge is 2.32. The van der Waals surface area contributed by atoms with Gasteiger partial charge in [-0.2, -0.15) is 0 Å². The van der Waals surface area contributed by atoms with E-state index in [1.165, 1.54) is 0 Å². The van der Waals surface area contributed by atoms with Crippen LogP contribution in [0, 0.1) is 0 Å².